The molecule has 0 aliphatic heterocycles. The normalized spacial score (nSPS) is 13.5. The molecule has 7 heteroatoms. The van der Waals surface area contributed by atoms with Gasteiger partial charge in [-0.05, 0) is 18.6 Å². The number of hydrogen-bond acceptors (Lipinski definition) is 6. The molecule has 0 bridgehead atoms. The number of rotatable bonds is 4. The summed E-state index contributed by atoms with van der Waals surface area (Å²) in [5.74, 6) is 0.107. The highest BCUT2D eigenvalue weighted by atomic mass is 16.1. The lowest BCUT2D eigenvalue weighted by Crippen LogP contribution is -2.17. The Labute approximate surface area is 148 Å². The van der Waals surface area contributed by atoms with Gasteiger partial charge in [0.1, 0.15) is 11.6 Å². The number of hydrogen-bond donors (Lipinski definition) is 3. The molecule has 134 valence electrons. The lowest BCUT2D eigenvalue weighted by atomic mass is 10.0. The Hall–Kier alpha value is -2.70. The zero-order valence-corrected chi connectivity index (χ0v) is 14.7. The highest BCUT2D eigenvalue weighted by Gasteiger charge is 2.12. The van der Waals surface area contributed by atoms with E-state index in [-0.39, 0.29) is 11.5 Å². The molecule has 2 aromatic rings. The molecule has 0 spiro atoms. The summed E-state index contributed by atoms with van der Waals surface area (Å²) in [4.78, 5) is 15.6. The molecule has 0 atom stereocenters. The number of pyridine rings is 1. The van der Waals surface area contributed by atoms with Crippen LogP contribution in [-0.2, 0) is 6.42 Å². The van der Waals surface area contributed by atoms with Crippen LogP contribution in [0.25, 0.3) is 0 Å². The minimum atomic E-state index is -0.679. The Morgan fingerprint density at radius 1 is 1.12 bits per heavy atom. The second-order valence-corrected chi connectivity index (χ2v) is 6.01. The van der Waals surface area contributed by atoms with Crippen LogP contribution >= 0.6 is 0 Å². The first-order chi connectivity index (χ1) is 12.1. The highest BCUT2D eigenvalue weighted by molar-refractivity contribution is 5.97. The number of nitrogens with zero attached hydrogens (tertiary/aromatic N) is 3. The van der Waals surface area contributed by atoms with Crippen LogP contribution < -0.4 is 16.8 Å². The van der Waals surface area contributed by atoms with E-state index in [0.29, 0.717) is 11.5 Å². The van der Waals surface area contributed by atoms with Gasteiger partial charge in [-0.2, -0.15) is 0 Å². The van der Waals surface area contributed by atoms with Crippen LogP contribution in [0.4, 0.5) is 17.3 Å². The summed E-state index contributed by atoms with van der Waals surface area (Å²) in [6.07, 6.45) is 9.81. The van der Waals surface area contributed by atoms with E-state index < -0.39 is 5.91 Å². The fourth-order valence-corrected chi connectivity index (χ4v) is 2.63. The molecule has 0 aromatic carbocycles. The van der Waals surface area contributed by atoms with E-state index in [1.807, 2.05) is 19.1 Å². The number of nitrogens with one attached hydrogen (secondary N) is 1. The molecule has 0 saturated heterocycles. The van der Waals surface area contributed by atoms with Crippen LogP contribution in [0.3, 0.4) is 0 Å². The molecule has 2 heterocycles. The minimum absolute atomic E-state index is 0.0258. The number of carbonyl (C=O) groups excluding carboxylic acids is 1. The number of carbonyl (C=O) groups is 1. The van der Waals surface area contributed by atoms with Crippen molar-refractivity contribution in [1.82, 2.24) is 15.2 Å². The largest absolute Gasteiger partial charge is 0.382 e. The van der Waals surface area contributed by atoms with Crippen LogP contribution in [-0.4, -0.2) is 21.1 Å². The number of primary amides is 1. The van der Waals surface area contributed by atoms with Crippen molar-refractivity contribution in [3.05, 3.63) is 35.7 Å². The predicted molar refractivity (Wildman–Crippen MR) is 99.6 cm³/mol. The SMILES string of the molecule is C1CCCCC1.CCc1cccc(Nc2cc(N)nnc2C(N)=O)n1. The van der Waals surface area contributed by atoms with Crippen molar-refractivity contribution in [2.75, 3.05) is 11.1 Å². The first kappa shape index (κ1) is 18.6. The molecule has 1 fully saturated rings. The summed E-state index contributed by atoms with van der Waals surface area (Å²) in [6.45, 7) is 2.01. The number of aromatic nitrogens is 3. The molecule has 0 unspecified atom stereocenters. The van der Waals surface area contributed by atoms with Gasteiger partial charge in [-0.25, -0.2) is 4.98 Å². The van der Waals surface area contributed by atoms with E-state index in [1.165, 1.54) is 44.6 Å². The second-order valence-electron chi connectivity index (χ2n) is 6.01. The summed E-state index contributed by atoms with van der Waals surface area (Å²) in [7, 11) is 0. The first-order valence-electron chi connectivity index (χ1n) is 8.76. The van der Waals surface area contributed by atoms with Crippen molar-refractivity contribution in [2.24, 2.45) is 5.73 Å². The Kier molecular flexibility index (Phi) is 7.13. The summed E-state index contributed by atoms with van der Waals surface area (Å²) < 4.78 is 0. The Morgan fingerprint density at radius 3 is 2.32 bits per heavy atom. The van der Waals surface area contributed by atoms with Crippen molar-refractivity contribution in [3.63, 3.8) is 0 Å². The van der Waals surface area contributed by atoms with Crippen LogP contribution in [0.15, 0.2) is 24.3 Å². The van der Waals surface area contributed by atoms with Crippen molar-refractivity contribution in [3.8, 4) is 0 Å². The third kappa shape index (κ3) is 6.02. The second kappa shape index (κ2) is 9.56. The lowest BCUT2D eigenvalue weighted by molar-refractivity contribution is 0.0995. The standard InChI is InChI=1S/C12H14N6O.C6H12/c1-2-7-4-3-5-10(15-7)16-8-6-9(13)17-18-11(8)12(14)19;1-2-4-6-5-3-1/h3-6H,2H2,1H3,(H2,14,19)(H3,13,15,16,17);1-6H2. The Balaban J connectivity index is 0.000000316. The van der Waals surface area contributed by atoms with Gasteiger partial charge in [-0.15, -0.1) is 10.2 Å². The maximum Gasteiger partial charge on any atom is 0.271 e. The minimum Gasteiger partial charge on any atom is -0.382 e. The topological polar surface area (TPSA) is 120 Å². The van der Waals surface area contributed by atoms with Crippen molar-refractivity contribution < 1.29 is 4.79 Å². The first-order valence-corrected chi connectivity index (χ1v) is 8.76. The van der Waals surface area contributed by atoms with E-state index >= 15 is 0 Å². The lowest BCUT2D eigenvalue weighted by Gasteiger charge is -2.09. The fourth-order valence-electron chi connectivity index (χ4n) is 2.63. The van der Waals surface area contributed by atoms with E-state index in [2.05, 4.69) is 20.5 Å². The average molecular weight is 342 g/mol. The van der Waals surface area contributed by atoms with Crippen LogP contribution in [0.5, 0.6) is 0 Å². The highest BCUT2D eigenvalue weighted by Crippen LogP contribution is 2.19. The summed E-state index contributed by atoms with van der Waals surface area (Å²) in [6, 6.07) is 7.06. The van der Waals surface area contributed by atoms with Gasteiger partial charge >= 0.3 is 0 Å². The van der Waals surface area contributed by atoms with Gasteiger partial charge in [0, 0.05) is 11.8 Å². The van der Waals surface area contributed by atoms with Crippen molar-refractivity contribution >= 4 is 23.2 Å². The van der Waals surface area contributed by atoms with Crippen LogP contribution in [0.1, 0.15) is 61.6 Å². The van der Waals surface area contributed by atoms with Gasteiger partial charge in [-0.1, -0.05) is 51.5 Å². The zero-order chi connectivity index (χ0) is 18.1. The van der Waals surface area contributed by atoms with Crippen LogP contribution in [0.2, 0.25) is 0 Å². The van der Waals surface area contributed by atoms with Gasteiger partial charge in [0.05, 0.1) is 5.69 Å². The predicted octanol–water partition coefficient (Wildman–Crippen LogP) is 3.20. The molecule has 1 amide bonds. The molecular formula is C18H26N6O. The van der Waals surface area contributed by atoms with Gasteiger partial charge in [0.25, 0.3) is 5.91 Å². The molecular weight excluding hydrogens is 316 g/mol. The summed E-state index contributed by atoms with van der Waals surface area (Å²) in [5.41, 5.74) is 12.1. The average Bonchev–Trinajstić information content (AvgIpc) is 2.63. The van der Waals surface area contributed by atoms with E-state index in [9.17, 15) is 4.79 Å². The number of aryl methyl sites for hydroxylation is 1. The molecule has 3 rings (SSSR count). The van der Waals surface area contributed by atoms with Gasteiger partial charge in [0.2, 0.25) is 0 Å². The van der Waals surface area contributed by atoms with Crippen molar-refractivity contribution in [1.29, 1.82) is 0 Å². The van der Waals surface area contributed by atoms with E-state index in [0.717, 1.165) is 12.1 Å². The molecule has 7 nitrogen and oxygen atoms in total. The zero-order valence-electron chi connectivity index (χ0n) is 14.7. The van der Waals surface area contributed by atoms with E-state index in [4.69, 9.17) is 11.5 Å². The third-order valence-corrected chi connectivity index (χ3v) is 3.98. The fraction of sp³-hybridized carbons (Fsp3) is 0.444. The Morgan fingerprint density at radius 2 is 1.76 bits per heavy atom. The molecule has 1 aliphatic rings. The number of nitrogen functional groups attached to an aromatic ring is 1. The molecule has 0 radical (unpaired) electrons. The van der Waals surface area contributed by atoms with Crippen molar-refractivity contribution in [2.45, 2.75) is 51.9 Å². The van der Waals surface area contributed by atoms with Gasteiger partial charge in [0.15, 0.2) is 5.69 Å². The maximum atomic E-state index is 11.3. The number of amides is 1. The quantitative estimate of drug-likeness (QED) is 0.785. The van der Waals surface area contributed by atoms with Gasteiger partial charge in [-0.3, -0.25) is 4.79 Å². The van der Waals surface area contributed by atoms with Crippen LogP contribution in [0, 0.1) is 0 Å². The number of anilines is 3. The molecule has 2 aromatic heterocycles. The molecule has 25 heavy (non-hydrogen) atoms. The monoisotopic (exact) mass is 342 g/mol. The maximum absolute atomic E-state index is 11.3. The summed E-state index contributed by atoms with van der Waals surface area (Å²) >= 11 is 0. The summed E-state index contributed by atoms with van der Waals surface area (Å²) in [5, 5.41) is 10.3. The Bertz CT molecular complexity index is 688. The van der Waals surface area contributed by atoms with Gasteiger partial charge < -0.3 is 16.8 Å². The molecule has 1 saturated carbocycles. The molecule has 5 N–H and O–H groups in total. The molecule has 1 aliphatic carbocycles. The third-order valence-electron chi connectivity index (χ3n) is 3.98. The smallest absolute Gasteiger partial charge is 0.271 e. The van der Waals surface area contributed by atoms with E-state index in [1.54, 1.807) is 6.07 Å². The number of nitrogens with two attached hydrogens (primary N) is 2.